The fourth-order valence-electron chi connectivity index (χ4n) is 5.69. The van der Waals surface area contributed by atoms with Crippen LogP contribution in [0.5, 0.6) is 5.75 Å². The van der Waals surface area contributed by atoms with Gasteiger partial charge in [0.25, 0.3) is 15.9 Å². The van der Waals surface area contributed by atoms with Gasteiger partial charge in [0.15, 0.2) is 14.9 Å². The quantitative estimate of drug-likeness (QED) is 0.115. The molecule has 0 unspecified atom stereocenters. The molecule has 4 aromatic carbocycles. The van der Waals surface area contributed by atoms with E-state index in [-0.39, 0.29) is 26.8 Å². The second-order valence-corrected chi connectivity index (χ2v) is 20.9. The first kappa shape index (κ1) is 35.3. The van der Waals surface area contributed by atoms with Gasteiger partial charge in [0.1, 0.15) is 5.75 Å². The van der Waals surface area contributed by atoms with Crippen molar-refractivity contribution >= 4 is 63.3 Å². The van der Waals surface area contributed by atoms with E-state index in [1.165, 1.54) is 10.2 Å². The second kappa shape index (κ2) is 12.8. The number of carbonyl (C=O) groups is 2. The van der Waals surface area contributed by atoms with E-state index in [0.29, 0.717) is 39.0 Å². The van der Waals surface area contributed by atoms with E-state index < -0.39 is 36.6 Å². The smallest absolute Gasteiger partial charge is 0.268 e. The minimum atomic E-state index is -4.13. The summed E-state index contributed by atoms with van der Waals surface area (Å²) in [4.78, 5) is 26.3. The Balaban J connectivity index is 1.58. The molecule has 2 N–H and O–H groups in total. The molecule has 48 heavy (non-hydrogen) atoms. The van der Waals surface area contributed by atoms with E-state index in [1.807, 2.05) is 25.1 Å². The highest BCUT2D eigenvalue weighted by molar-refractivity contribution is 7.90. The van der Waals surface area contributed by atoms with E-state index in [2.05, 4.69) is 33.9 Å². The van der Waals surface area contributed by atoms with Crippen LogP contribution < -0.4 is 10.5 Å². The molecular weight excluding hydrogens is 664 g/mol. The van der Waals surface area contributed by atoms with Crippen LogP contribution in [0.1, 0.15) is 63.7 Å². The highest BCUT2D eigenvalue weighted by Gasteiger charge is 2.37. The number of fused-ring (bicyclic) bond motifs is 2. The number of amides is 1. The van der Waals surface area contributed by atoms with Gasteiger partial charge in [0, 0.05) is 22.2 Å². The number of nitrogens with zero attached hydrogens (tertiary/aromatic N) is 1. The summed E-state index contributed by atoms with van der Waals surface area (Å²) in [7, 11) is -6.24. The second-order valence-electron chi connectivity index (χ2n) is 13.9. The molecule has 0 atom stereocenters. The van der Waals surface area contributed by atoms with Crippen LogP contribution in [-0.4, -0.2) is 39.0 Å². The van der Waals surface area contributed by atoms with Crippen LogP contribution in [0.3, 0.4) is 0 Å². The Morgan fingerprint density at radius 1 is 0.896 bits per heavy atom. The van der Waals surface area contributed by atoms with E-state index in [1.54, 1.807) is 56.3 Å². The third kappa shape index (κ3) is 6.80. The van der Waals surface area contributed by atoms with Crippen molar-refractivity contribution < 1.29 is 27.2 Å². The summed E-state index contributed by atoms with van der Waals surface area (Å²) in [5, 5.41) is 2.38. The van der Waals surface area contributed by atoms with Gasteiger partial charge >= 0.3 is 0 Å². The van der Waals surface area contributed by atoms with E-state index in [9.17, 15) is 18.0 Å². The number of Topliss-reactive ketones (excluding diaryl/α,β-unsaturated/α-hetero) is 1. The number of ether oxygens (including phenoxy) is 1. The molecule has 0 aliphatic rings. The summed E-state index contributed by atoms with van der Waals surface area (Å²) in [5.74, 6) is -1.06. The van der Waals surface area contributed by atoms with Crippen molar-refractivity contribution in [1.29, 1.82) is 0 Å². The van der Waals surface area contributed by atoms with E-state index in [4.69, 9.17) is 26.5 Å². The third-order valence-electron chi connectivity index (χ3n) is 9.19. The standard InChI is InChI=1S/C37H41ClN2O6SSi/c1-22-13-23(2)35(24(3)14-22)47(43,44)40-19-31(29-12-9-25(15-32(29)40)20-46-48(7,8)37(4,5)6)33(41)21-45-34-18-26-10-11-28(38)16-27(26)17-30(34)36(39)42/h9-19H,20-21H2,1-8H3,(H2,39,42). The van der Waals surface area contributed by atoms with Crippen molar-refractivity contribution in [3.05, 3.63) is 105 Å². The van der Waals surface area contributed by atoms with Gasteiger partial charge in [-0.05, 0) is 96.7 Å². The zero-order valence-electron chi connectivity index (χ0n) is 28.5. The number of ketones is 1. The first-order valence-electron chi connectivity index (χ1n) is 15.6. The number of aryl methyl sites for hydroxylation is 3. The zero-order chi connectivity index (χ0) is 35.3. The Morgan fingerprint density at radius 3 is 2.19 bits per heavy atom. The predicted molar refractivity (Wildman–Crippen MR) is 194 cm³/mol. The normalized spacial score (nSPS) is 12.5. The maximum absolute atomic E-state index is 14.4. The van der Waals surface area contributed by atoms with Gasteiger partial charge in [-0.3, -0.25) is 9.59 Å². The molecule has 0 spiro atoms. The van der Waals surface area contributed by atoms with Crippen LogP contribution in [0.15, 0.2) is 71.8 Å². The maximum Gasteiger partial charge on any atom is 0.268 e. The van der Waals surface area contributed by atoms with Gasteiger partial charge in [-0.1, -0.05) is 68.3 Å². The number of halogens is 1. The SMILES string of the molecule is Cc1cc(C)c(S(=O)(=O)n2cc(C(=O)COc3cc4ccc(Cl)cc4cc3C(N)=O)c3ccc(CO[Si](C)(C)C(C)(C)C)cc32)c(C)c1. The number of nitrogens with two attached hydrogens (primary N) is 1. The molecule has 252 valence electrons. The molecule has 1 amide bonds. The Kier molecular flexibility index (Phi) is 9.44. The van der Waals surface area contributed by atoms with Crippen LogP contribution >= 0.6 is 11.6 Å². The number of carbonyl (C=O) groups excluding carboxylic acids is 2. The largest absolute Gasteiger partial charge is 0.485 e. The maximum atomic E-state index is 14.4. The fraction of sp³-hybridized carbons (Fsp3) is 0.297. The fourth-order valence-corrected chi connectivity index (χ4v) is 8.61. The molecular formula is C37H41ClN2O6SSi. The average Bonchev–Trinajstić information content (AvgIpc) is 3.37. The molecule has 1 aromatic heterocycles. The summed E-state index contributed by atoms with van der Waals surface area (Å²) >= 11 is 6.13. The molecule has 0 bridgehead atoms. The van der Waals surface area contributed by atoms with Gasteiger partial charge in [-0.2, -0.15) is 0 Å². The van der Waals surface area contributed by atoms with Crippen molar-refractivity contribution in [2.75, 3.05) is 6.61 Å². The third-order valence-corrected chi connectivity index (χ3v) is 15.9. The first-order chi connectivity index (χ1) is 22.3. The first-order valence-corrected chi connectivity index (χ1v) is 20.3. The molecule has 1 heterocycles. The van der Waals surface area contributed by atoms with E-state index in [0.717, 1.165) is 16.5 Å². The summed E-state index contributed by atoms with van der Waals surface area (Å²) in [6.45, 7) is 16.1. The Hall–Kier alpha value is -3.96. The summed E-state index contributed by atoms with van der Waals surface area (Å²) < 4.78 is 42.3. The van der Waals surface area contributed by atoms with Crippen LogP contribution in [0.25, 0.3) is 21.7 Å². The molecule has 0 aliphatic heterocycles. The van der Waals surface area contributed by atoms with Crippen LogP contribution in [0, 0.1) is 20.8 Å². The summed E-state index contributed by atoms with van der Waals surface area (Å²) in [6.07, 6.45) is 1.36. The molecule has 0 radical (unpaired) electrons. The summed E-state index contributed by atoms with van der Waals surface area (Å²) in [5.41, 5.74) is 9.23. The monoisotopic (exact) mass is 704 g/mol. The van der Waals surface area contributed by atoms with E-state index >= 15 is 0 Å². The minimum absolute atomic E-state index is 0.00674. The van der Waals surface area contributed by atoms with Gasteiger partial charge in [-0.25, -0.2) is 12.4 Å². The lowest BCUT2D eigenvalue weighted by Gasteiger charge is -2.36. The number of benzene rings is 4. The van der Waals surface area contributed by atoms with Crippen molar-refractivity contribution in [3.8, 4) is 5.75 Å². The average molecular weight is 705 g/mol. The number of hydrogen-bond donors (Lipinski definition) is 1. The Bertz CT molecular complexity index is 2190. The van der Waals surface area contributed by atoms with Crippen LogP contribution in [-0.2, 0) is 21.1 Å². The van der Waals surface area contributed by atoms with Crippen molar-refractivity contribution in [3.63, 3.8) is 0 Å². The lowest BCUT2D eigenvalue weighted by Crippen LogP contribution is -2.40. The molecule has 11 heteroatoms. The number of hydrogen-bond acceptors (Lipinski definition) is 6. The topological polar surface area (TPSA) is 118 Å². The van der Waals surface area contributed by atoms with Crippen molar-refractivity contribution in [2.24, 2.45) is 5.73 Å². The molecule has 0 fully saturated rings. The molecule has 5 rings (SSSR count). The molecule has 0 saturated carbocycles. The minimum Gasteiger partial charge on any atom is -0.485 e. The van der Waals surface area contributed by atoms with Gasteiger partial charge in [-0.15, -0.1) is 0 Å². The Labute approximate surface area is 288 Å². The highest BCUT2D eigenvalue weighted by Crippen LogP contribution is 2.38. The highest BCUT2D eigenvalue weighted by atomic mass is 35.5. The Morgan fingerprint density at radius 2 is 1.56 bits per heavy atom. The van der Waals surface area contributed by atoms with Crippen molar-refractivity contribution in [2.45, 2.75) is 71.2 Å². The van der Waals surface area contributed by atoms with Gasteiger partial charge in [0.05, 0.1) is 22.6 Å². The molecule has 5 aromatic rings. The molecule has 8 nitrogen and oxygen atoms in total. The number of aromatic nitrogens is 1. The molecule has 0 aliphatic carbocycles. The lowest BCUT2D eigenvalue weighted by molar-refractivity contribution is 0.0914. The van der Waals surface area contributed by atoms with Gasteiger partial charge < -0.3 is 14.9 Å². The van der Waals surface area contributed by atoms with Crippen LogP contribution in [0.4, 0.5) is 0 Å². The van der Waals surface area contributed by atoms with Crippen LogP contribution in [0.2, 0.25) is 23.2 Å². The van der Waals surface area contributed by atoms with Gasteiger partial charge in [0.2, 0.25) is 5.78 Å². The number of primary amides is 1. The lowest BCUT2D eigenvalue weighted by atomic mass is 10.1. The zero-order valence-corrected chi connectivity index (χ0v) is 31.1. The summed E-state index contributed by atoms with van der Waals surface area (Å²) in [6, 6.07) is 17.4. The molecule has 0 saturated heterocycles. The van der Waals surface area contributed by atoms with Crippen molar-refractivity contribution in [1.82, 2.24) is 3.97 Å². The predicted octanol–water partition coefficient (Wildman–Crippen LogP) is 8.49. The number of rotatable bonds is 10.